The van der Waals surface area contributed by atoms with Gasteiger partial charge >= 0.3 is 0 Å². The van der Waals surface area contributed by atoms with E-state index < -0.39 is 5.79 Å². The molecule has 0 saturated heterocycles. The van der Waals surface area contributed by atoms with Crippen LogP contribution in [0, 0.1) is 11.6 Å². The number of carbonyl (C=O) groups excluding carboxylic acids is 1. The van der Waals surface area contributed by atoms with E-state index in [1.54, 1.807) is 31.4 Å². The fraction of sp³-hybridized carbons (Fsp3) is 0.514. The van der Waals surface area contributed by atoms with Crippen molar-refractivity contribution in [2.45, 2.75) is 117 Å². The van der Waals surface area contributed by atoms with E-state index in [-0.39, 0.29) is 41.3 Å². The Kier molecular flexibility index (Phi) is 14.8. The Balaban J connectivity index is 0.000000370. The van der Waals surface area contributed by atoms with Gasteiger partial charge in [0.2, 0.25) is 0 Å². The van der Waals surface area contributed by atoms with Gasteiger partial charge in [0.25, 0.3) is 5.91 Å². The van der Waals surface area contributed by atoms with E-state index in [1.165, 1.54) is 24.3 Å². The van der Waals surface area contributed by atoms with Crippen LogP contribution in [-0.2, 0) is 27.3 Å². The molecule has 0 aliphatic heterocycles. The zero-order valence-electron chi connectivity index (χ0n) is 29.2. The predicted molar refractivity (Wildman–Crippen MR) is 182 cm³/mol. The van der Waals surface area contributed by atoms with Gasteiger partial charge in [-0.1, -0.05) is 32.6 Å². The van der Waals surface area contributed by atoms with E-state index in [0.717, 1.165) is 49.2 Å². The summed E-state index contributed by atoms with van der Waals surface area (Å²) >= 11 is 0. The number of halogens is 2. The van der Waals surface area contributed by atoms with Crippen molar-refractivity contribution in [2.24, 2.45) is 0 Å². The molecule has 1 amide bonds. The normalized spacial score (nSPS) is 13.6. The highest BCUT2D eigenvalue weighted by molar-refractivity contribution is 5.94. The van der Waals surface area contributed by atoms with Gasteiger partial charge in [-0.05, 0) is 102 Å². The first kappa shape index (κ1) is 39.6. The van der Waals surface area contributed by atoms with Gasteiger partial charge in [-0.2, -0.15) is 0 Å². The first-order valence-corrected chi connectivity index (χ1v) is 16.1. The molecule has 1 heterocycles. The fourth-order valence-electron chi connectivity index (χ4n) is 5.03. The first-order chi connectivity index (χ1) is 21.7. The Bertz CT molecular complexity index is 1440. The minimum Gasteiger partial charge on any atom is -0.493 e. The lowest BCUT2D eigenvalue weighted by Gasteiger charge is -2.30. The van der Waals surface area contributed by atoms with Crippen molar-refractivity contribution >= 4 is 5.91 Å². The van der Waals surface area contributed by atoms with Crippen molar-refractivity contribution < 1.29 is 33.3 Å². The molecule has 3 N–H and O–H groups in total. The lowest BCUT2D eigenvalue weighted by molar-refractivity contribution is -0.224. The number of rotatable bonds is 14. The smallest absolute Gasteiger partial charge is 0.272 e. The van der Waals surface area contributed by atoms with Crippen molar-refractivity contribution in [2.75, 3.05) is 7.11 Å². The maximum Gasteiger partial charge on any atom is 0.272 e. The second-order valence-corrected chi connectivity index (χ2v) is 13.1. The van der Waals surface area contributed by atoms with Crippen molar-refractivity contribution in [1.82, 2.24) is 14.9 Å². The Hall–Kier alpha value is -3.60. The number of ether oxygens (including phenoxy) is 3. The minimum absolute atomic E-state index is 0. The van der Waals surface area contributed by atoms with Gasteiger partial charge in [-0.25, -0.2) is 13.8 Å². The molecule has 1 saturated carbocycles. The van der Waals surface area contributed by atoms with Crippen molar-refractivity contribution in [1.29, 1.82) is 0 Å². The summed E-state index contributed by atoms with van der Waals surface area (Å²) in [6.07, 6.45) is 4.62. The van der Waals surface area contributed by atoms with Crippen molar-refractivity contribution in [3.05, 3.63) is 89.5 Å². The van der Waals surface area contributed by atoms with Gasteiger partial charge in [0.15, 0.2) is 5.79 Å². The Morgan fingerprint density at radius 1 is 1.06 bits per heavy atom. The molecule has 1 unspecified atom stereocenters. The van der Waals surface area contributed by atoms with Crippen LogP contribution in [0.15, 0.2) is 60.9 Å². The first-order valence-electron chi connectivity index (χ1n) is 16.1. The molecule has 0 radical (unpaired) electrons. The summed E-state index contributed by atoms with van der Waals surface area (Å²) in [5, 5.41) is 2.87. The number of benzene rings is 2. The van der Waals surface area contributed by atoms with E-state index in [9.17, 15) is 13.6 Å². The number of hydrogen-bond acceptors (Lipinski definition) is 5. The number of amides is 1. The van der Waals surface area contributed by atoms with Gasteiger partial charge in [0.1, 0.15) is 28.8 Å². The van der Waals surface area contributed by atoms with Crippen LogP contribution in [0.25, 0.3) is 11.4 Å². The summed E-state index contributed by atoms with van der Waals surface area (Å²) in [7, 11) is 1.65. The van der Waals surface area contributed by atoms with Crippen LogP contribution in [0.5, 0.6) is 0 Å². The van der Waals surface area contributed by atoms with E-state index >= 15 is 0 Å². The van der Waals surface area contributed by atoms with Crippen LogP contribution in [0.4, 0.5) is 8.78 Å². The zero-order valence-corrected chi connectivity index (χ0v) is 29.2. The van der Waals surface area contributed by atoms with Gasteiger partial charge in [-0.3, -0.25) is 4.79 Å². The number of hydrogen-bond donors (Lipinski definition) is 1. The zero-order chi connectivity index (χ0) is 34.1. The third kappa shape index (κ3) is 12.5. The van der Waals surface area contributed by atoms with Crippen LogP contribution >= 0.6 is 0 Å². The number of methoxy groups -OCH3 is 1. The van der Waals surface area contributed by atoms with E-state index in [2.05, 4.69) is 35.3 Å². The van der Waals surface area contributed by atoms with Crippen LogP contribution in [-0.4, -0.2) is 45.5 Å². The SMILES string of the molecule is C=C(CC(CC)OC(C)(C)OC)OC(C)(C)C.CCCn1c(-c2ccc(F)cc2)nc(C(=O)NCc2cccc(F)c2)c1C1CC1.O. The van der Waals surface area contributed by atoms with E-state index in [0.29, 0.717) is 29.4 Å². The summed E-state index contributed by atoms with van der Waals surface area (Å²) in [5.74, 6) is 0.287. The molecular formula is C37H53F2N3O5. The molecule has 260 valence electrons. The highest BCUT2D eigenvalue weighted by atomic mass is 19.1. The summed E-state index contributed by atoms with van der Waals surface area (Å²) in [6.45, 7) is 18.9. The van der Waals surface area contributed by atoms with Crippen molar-refractivity contribution in [3.8, 4) is 11.4 Å². The Morgan fingerprint density at radius 3 is 2.26 bits per heavy atom. The van der Waals surface area contributed by atoms with Crippen LogP contribution in [0.3, 0.4) is 0 Å². The quantitative estimate of drug-likeness (QED) is 0.139. The van der Waals surface area contributed by atoms with Gasteiger partial charge < -0.3 is 29.6 Å². The number of imidazole rings is 1. The summed E-state index contributed by atoms with van der Waals surface area (Å²) in [6, 6.07) is 12.4. The topological polar surface area (TPSA) is 106 Å². The molecular weight excluding hydrogens is 604 g/mol. The molecule has 1 fully saturated rings. The molecule has 1 aliphatic carbocycles. The lowest BCUT2D eigenvalue weighted by Crippen LogP contribution is -2.33. The highest BCUT2D eigenvalue weighted by Gasteiger charge is 2.34. The maximum absolute atomic E-state index is 13.4. The molecule has 3 aromatic rings. The fourth-order valence-corrected chi connectivity index (χ4v) is 5.03. The maximum atomic E-state index is 13.4. The summed E-state index contributed by atoms with van der Waals surface area (Å²) in [5.41, 5.74) is 2.63. The second-order valence-electron chi connectivity index (χ2n) is 13.1. The third-order valence-electron chi connectivity index (χ3n) is 7.38. The van der Waals surface area contributed by atoms with Crippen LogP contribution in [0.1, 0.15) is 108 Å². The van der Waals surface area contributed by atoms with Gasteiger partial charge in [-0.15, -0.1) is 0 Å². The van der Waals surface area contributed by atoms with Gasteiger partial charge in [0.05, 0.1) is 17.6 Å². The number of nitrogens with zero attached hydrogens (tertiary/aromatic N) is 2. The minimum atomic E-state index is -0.567. The van der Waals surface area contributed by atoms with E-state index in [1.807, 2.05) is 34.6 Å². The summed E-state index contributed by atoms with van der Waals surface area (Å²) < 4.78 is 45.7. The van der Waals surface area contributed by atoms with Crippen molar-refractivity contribution in [3.63, 3.8) is 0 Å². The second kappa shape index (κ2) is 17.5. The molecule has 2 aromatic carbocycles. The van der Waals surface area contributed by atoms with Gasteiger partial charge in [0, 0.05) is 38.1 Å². The molecule has 8 nitrogen and oxygen atoms in total. The number of carbonyl (C=O) groups is 1. The largest absolute Gasteiger partial charge is 0.493 e. The van der Waals surface area contributed by atoms with Crippen LogP contribution in [0.2, 0.25) is 0 Å². The molecule has 1 aliphatic rings. The van der Waals surface area contributed by atoms with E-state index in [4.69, 9.17) is 14.2 Å². The molecule has 47 heavy (non-hydrogen) atoms. The van der Waals surface area contributed by atoms with Crippen LogP contribution < -0.4 is 5.32 Å². The lowest BCUT2D eigenvalue weighted by atomic mass is 10.1. The highest BCUT2D eigenvalue weighted by Crippen LogP contribution is 2.43. The molecule has 4 rings (SSSR count). The molecule has 0 spiro atoms. The number of nitrogens with one attached hydrogen (secondary N) is 1. The summed E-state index contributed by atoms with van der Waals surface area (Å²) in [4.78, 5) is 17.6. The molecule has 1 aromatic heterocycles. The monoisotopic (exact) mass is 657 g/mol. The predicted octanol–water partition coefficient (Wildman–Crippen LogP) is 8.10. The Labute approximate surface area is 278 Å². The number of aromatic nitrogens is 2. The average molecular weight is 658 g/mol. The average Bonchev–Trinajstić information content (AvgIpc) is 3.76. The Morgan fingerprint density at radius 2 is 1.72 bits per heavy atom. The molecule has 10 heteroatoms. The molecule has 1 atom stereocenters. The standard InChI is InChI=1S/C23H23F2N3O.C14H28O3.H2O/c1-2-12-28-21(16-6-7-16)20(27-22(28)17-8-10-18(24)11-9-17)23(29)26-14-15-4-3-5-19(25)13-15;1-9-12(17-14(6,7)15-8)10-11(2)16-13(3,4)5;/h3-5,8-11,13,16H,2,6-7,12,14H2,1H3,(H,26,29);12H,2,9-10H2,1,3-8H3;1H2. The molecule has 0 bridgehead atoms. The third-order valence-corrected chi connectivity index (χ3v) is 7.38.